The van der Waals surface area contributed by atoms with Crippen molar-refractivity contribution in [3.05, 3.63) is 42.0 Å². The second-order valence-electron chi connectivity index (χ2n) is 18.8. The summed E-state index contributed by atoms with van der Waals surface area (Å²) in [5.41, 5.74) is 3.92. The summed E-state index contributed by atoms with van der Waals surface area (Å²) in [5, 5.41) is 10.1. The van der Waals surface area contributed by atoms with Crippen LogP contribution in [0.3, 0.4) is 0 Å². The van der Waals surface area contributed by atoms with Gasteiger partial charge in [-0.15, -0.1) is 0 Å². The third-order valence-electron chi connectivity index (χ3n) is 16.1. The Kier molecular flexibility index (Phi) is 9.28. The molecule has 1 unspecified atom stereocenters. The number of ether oxygens (including phenoxy) is 2. The second-order valence-corrected chi connectivity index (χ2v) is 18.8. The number of hydrogen-bond acceptors (Lipinski definition) is 4. The Morgan fingerprint density at radius 1 is 1.04 bits per heavy atom. The first-order chi connectivity index (χ1) is 22.6. The lowest BCUT2D eigenvalue weighted by atomic mass is 9.41. The number of fused-ring (bicyclic) bond motifs is 2. The first-order valence-electron chi connectivity index (χ1n) is 19.5. The Morgan fingerprint density at radius 2 is 1.79 bits per heavy atom. The lowest BCUT2D eigenvalue weighted by Crippen LogP contribution is -2.57. The topological polar surface area (TPSA) is 55.8 Å². The number of carbonyl (C=O) groups excluding carboxylic acids is 1. The highest BCUT2D eigenvalue weighted by molar-refractivity contribution is 5.73. The van der Waals surface area contributed by atoms with Gasteiger partial charge in [-0.25, -0.2) is 0 Å². The number of esters is 1. The van der Waals surface area contributed by atoms with Crippen LogP contribution in [-0.4, -0.2) is 24.3 Å². The molecule has 5 aliphatic carbocycles. The fourth-order valence-corrected chi connectivity index (χ4v) is 13.5. The fraction of sp³-hybridized carbons (Fsp3) is 0.750. The summed E-state index contributed by atoms with van der Waals surface area (Å²) in [4.78, 5) is 13.3. The molecule has 0 aliphatic heterocycles. The minimum absolute atomic E-state index is 0.0498. The van der Waals surface area contributed by atoms with Gasteiger partial charge < -0.3 is 14.6 Å². The predicted octanol–water partition coefficient (Wildman–Crippen LogP) is 11.4. The Balaban J connectivity index is 1.16. The Hall–Kier alpha value is -2.23. The van der Waals surface area contributed by atoms with Gasteiger partial charge in [0.15, 0.2) is 11.5 Å². The van der Waals surface area contributed by atoms with Gasteiger partial charge >= 0.3 is 5.97 Å². The zero-order valence-corrected chi connectivity index (χ0v) is 31.8. The Morgan fingerprint density at radius 3 is 2.48 bits per heavy atom. The molecule has 5 saturated carbocycles. The van der Waals surface area contributed by atoms with Gasteiger partial charge in [-0.1, -0.05) is 85.8 Å². The average Bonchev–Trinajstić information content (AvgIpc) is 3.62. The molecule has 48 heavy (non-hydrogen) atoms. The number of carbonyl (C=O) groups is 1. The molecular formula is C44H66O4. The predicted molar refractivity (Wildman–Crippen MR) is 197 cm³/mol. The van der Waals surface area contributed by atoms with E-state index in [0.717, 1.165) is 36.2 Å². The third kappa shape index (κ3) is 5.40. The summed E-state index contributed by atoms with van der Waals surface area (Å²) in [6.45, 7) is 24.5. The number of methoxy groups -OCH3 is 1. The number of phenols is 1. The van der Waals surface area contributed by atoms with E-state index in [1.807, 2.05) is 18.2 Å². The molecule has 1 aromatic carbocycles. The summed E-state index contributed by atoms with van der Waals surface area (Å²) in [6.07, 6.45) is 18.2. The van der Waals surface area contributed by atoms with E-state index in [1.54, 1.807) is 12.1 Å². The molecule has 0 amide bonds. The molecule has 0 heterocycles. The average molecular weight is 659 g/mol. The maximum absolute atomic E-state index is 13.3. The van der Waals surface area contributed by atoms with Crippen molar-refractivity contribution in [1.29, 1.82) is 0 Å². The van der Waals surface area contributed by atoms with Gasteiger partial charge in [-0.3, -0.25) is 4.79 Å². The quantitative estimate of drug-likeness (QED) is 0.201. The number of allylic oxidation sites excluding steroid dienone is 1. The van der Waals surface area contributed by atoms with Crippen molar-refractivity contribution in [3.8, 4) is 11.5 Å². The summed E-state index contributed by atoms with van der Waals surface area (Å²) in [5.74, 6) is 4.60. The van der Waals surface area contributed by atoms with Crippen LogP contribution in [0.5, 0.6) is 11.5 Å². The van der Waals surface area contributed by atoms with Crippen molar-refractivity contribution < 1.29 is 19.4 Å². The van der Waals surface area contributed by atoms with Gasteiger partial charge in [0.1, 0.15) is 6.10 Å². The highest BCUT2D eigenvalue weighted by atomic mass is 16.5. The van der Waals surface area contributed by atoms with Gasteiger partial charge in [-0.2, -0.15) is 0 Å². The Labute approximate surface area is 292 Å². The Bertz CT molecular complexity index is 1420. The normalized spacial score (nSPS) is 40.2. The summed E-state index contributed by atoms with van der Waals surface area (Å²) < 4.78 is 11.6. The van der Waals surface area contributed by atoms with Crippen molar-refractivity contribution in [1.82, 2.24) is 0 Å². The van der Waals surface area contributed by atoms with Crippen molar-refractivity contribution in [2.24, 2.45) is 62.6 Å². The summed E-state index contributed by atoms with van der Waals surface area (Å²) in [6, 6.07) is 5.27. The van der Waals surface area contributed by atoms with Crippen LogP contribution in [0.15, 0.2) is 36.4 Å². The largest absolute Gasteiger partial charge is 0.504 e. The molecule has 266 valence electrons. The number of hydrogen-bond donors (Lipinski definition) is 1. The van der Waals surface area contributed by atoms with E-state index in [4.69, 9.17) is 9.47 Å². The van der Waals surface area contributed by atoms with Gasteiger partial charge in [0.05, 0.1) is 13.5 Å². The van der Waals surface area contributed by atoms with E-state index < -0.39 is 0 Å². The molecule has 1 aromatic rings. The minimum Gasteiger partial charge on any atom is -0.504 e. The van der Waals surface area contributed by atoms with Gasteiger partial charge in [0.25, 0.3) is 0 Å². The maximum Gasteiger partial charge on any atom is 0.309 e. The number of benzene rings is 1. The van der Waals surface area contributed by atoms with Crippen LogP contribution in [0.1, 0.15) is 138 Å². The summed E-state index contributed by atoms with van der Waals surface area (Å²) >= 11 is 0. The molecule has 4 heteroatoms. The molecule has 0 radical (unpaired) electrons. The SMILES string of the molecule is C=C(CC[C@@H](C)[C@H]1CC[C@@]2(C)[C@@H]3CC(C)[C@H]4C(C)(C)[C@@H](OC(=O)C/C=C/c5ccc(OC)c(O)c5)CCC[C@@]45C[C@@]35CC[C@]12C)C(C)C. The minimum atomic E-state index is -0.145. The van der Waals surface area contributed by atoms with Gasteiger partial charge in [-0.05, 0) is 145 Å². The highest BCUT2D eigenvalue weighted by Crippen LogP contribution is 2.89. The van der Waals surface area contributed by atoms with Crippen LogP contribution < -0.4 is 4.74 Å². The zero-order valence-electron chi connectivity index (χ0n) is 31.8. The second kappa shape index (κ2) is 12.5. The van der Waals surface area contributed by atoms with E-state index in [9.17, 15) is 9.90 Å². The standard InChI is InChI=1S/C44H66O4/c1-28(2)29(3)16-17-30(4)33-20-22-42(9)36-25-31(5)39-40(6,7)37(14-12-21-44(39)27-43(36,44)24-23-41(33,42)8)48-38(46)15-11-13-32-18-19-35(47-10)34(45)26-32/h11,13,18-19,26,28,30-31,33,36-37,39,45H,3,12,14-17,20-25,27H2,1-2,4-10H3/b13-11+/t30-,31?,33-,36+,37+,39+,41-,42+,43+,44-/m1/s1. The van der Waals surface area contributed by atoms with Crippen molar-refractivity contribution in [2.45, 2.75) is 139 Å². The first kappa shape index (κ1) is 35.6. The molecule has 0 aromatic heterocycles. The lowest BCUT2D eigenvalue weighted by Gasteiger charge is -2.63. The fourth-order valence-electron chi connectivity index (χ4n) is 13.5. The number of rotatable bonds is 10. The van der Waals surface area contributed by atoms with Crippen LogP contribution in [0.4, 0.5) is 0 Å². The number of phenolic OH excluding ortho intramolecular Hbond substituents is 1. The molecule has 4 nitrogen and oxygen atoms in total. The molecule has 0 saturated heterocycles. The van der Waals surface area contributed by atoms with Gasteiger partial charge in [0, 0.05) is 5.41 Å². The third-order valence-corrected chi connectivity index (χ3v) is 16.1. The van der Waals surface area contributed by atoms with Crippen LogP contribution in [-0.2, 0) is 9.53 Å². The van der Waals surface area contributed by atoms with Crippen LogP contribution in [0.2, 0.25) is 0 Å². The first-order valence-corrected chi connectivity index (χ1v) is 19.5. The molecule has 10 atom stereocenters. The summed E-state index contributed by atoms with van der Waals surface area (Å²) in [7, 11) is 1.54. The number of aromatic hydroxyl groups is 1. The molecular weight excluding hydrogens is 592 g/mol. The van der Waals surface area contributed by atoms with Gasteiger partial charge in [0.2, 0.25) is 0 Å². The zero-order chi connectivity index (χ0) is 34.9. The van der Waals surface area contributed by atoms with E-state index in [-0.39, 0.29) is 29.7 Å². The molecule has 2 spiro atoms. The van der Waals surface area contributed by atoms with Crippen LogP contribution in [0, 0.1) is 62.6 Å². The van der Waals surface area contributed by atoms with E-state index in [0.29, 0.717) is 45.2 Å². The van der Waals surface area contributed by atoms with E-state index in [1.165, 1.54) is 70.5 Å². The molecule has 6 rings (SSSR count). The maximum atomic E-state index is 13.3. The van der Waals surface area contributed by atoms with Crippen molar-refractivity contribution in [2.75, 3.05) is 7.11 Å². The van der Waals surface area contributed by atoms with Crippen molar-refractivity contribution >= 4 is 12.0 Å². The van der Waals surface area contributed by atoms with E-state index in [2.05, 4.69) is 62.0 Å². The van der Waals surface area contributed by atoms with E-state index >= 15 is 0 Å². The van der Waals surface area contributed by atoms with Crippen LogP contribution in [0.25, 0.3) is 6.08 Å². The highest BCUT2D eigenvalue weighted by Gasteiger charge is 2.82. The molecule has 0 bridgehead atoms. The smallest absolute Gasteiger partial charge is 0.309 e. The lowest BCUT2D eigenvalue weighted by molar-refractivity contribution is -0.172. The molecule has 1 N–H and O–H groups in total. The molecule has 5 fully saturated rings. The van der Waals surface area contributed by atoms with Crippen molar-refractivity contribution in [3.63, 3.8) is 0 Å². The molecule has 5 aliphatic rings. The monoisotopic (exact) mass is 658 g/mol. The van der Waals surface area contributed by atoms with Crippen LogP contribution >= 0.6 is 0 Å².